The van der Waals surface area contributed by atoms with Crippen LogP contribution in [-0.2, 0) is 22.6 Å². The maximum absolute atomic E-state index is 12.6. The number of rotatable bonds is 7. The molecule has 1 saturated heterocycles. The van der Waals surface area contributed by atoms with Crippen molar-refractivity contribution in [1.29, 1.82) is 0 Å². The van der Waals surface area contributed by atoms with Gasteiger partial charge in [0.1, 0.15) is 5.75 Å². The average Bonchev–Trinajstić information content (AvgIpc) is 2.88. The van der Waals surface area contributed by atoms with Crippen molar-refractivity contribution in [2.75, 3.05) is 65.4 Å². The molecular weight excluding hydrogens is 442 g/mol. The third-order valence-electron chi connectivity index (χ3n) is 7.09. The van der Waals surface area contributed by atoms with Crippen molar-refractivity contribution in [3.05, 3.63) is 59.2 Å². The SMILES string of the molecule is COc1ccc(CNC(=O)C(=O)NCC(c2ccc3c(c2)CCCN3C)N2CCN(C)CC2)cc1. The number of ether oxygens (including phenoxy) is 1. The van der Waals surface area contributed by atoms with E-state index in [0.29, 0.717) is 6.54 Å². The van der Waals surface area contributed by atoms with Crippen molar-refractivity contribution >= 4 is 17.5 Å². The van der Waals surface area contributed by atoms with Crippen LogP contribution in [0, 0.1) is 0 Å². The summed E-state index contributed by atoms with van der Waals surface area (Å²) in [5.74, 6) is -0.470. The topological polar surface area (TPSA) is 77.1 Å². The van der Waals surface area contributed by atoms with E-state index >= 15 is 0 Å². The molecule has 0 spiro atoms. The van der Waals surface area contributed by atoms with Gasteiger partial charge in [0.05, 0.1) is 13.2 Å². The van der Waals surface area contributed by atoms with Gasteiger partial charge in [-0.25, -0.2) is 0 Å². The highest BCUT2D eigenvalue weighted by atomic mass is 16.5. The first-order valence-electron chi connectivity index (χ1n) is 12.4. The fourth-order valence-electron chi connectivity index (χ4n) is 4.88. The summed E-state index contributed by atoms with van der Waals surface area (Å²) in [5, 5.41) is 5.61. The number of methoxy groups -OCH3 is 1. The minimum atomic E-state index is -0.620. The van der Waals surface area contributed by atoms with Crippen LogP contribution >= 0.6 is 0 Å². The molecule has 0 aromatic heterocycles. The maximum atomic E-state index is 12.6. The van der Waals surface area contributed by atoms with Gasteiger partial charge in [0.25, 0.3) is 0 Å². The predicted molar refractivity (Wildman–Crippen MR) is 138 cm³/mol. The number of nitrogens with one attached hydrogen (secondary N) is 2. The predicted octanol–water partition coefficient (Wildman–Crippen LogP) is 1.80. The maximum Gasteiger partial charge on any atom is 0.309 e. The van der Waals surface area contributed by atoms with E-state index < -0.39 is 11.8 Å². The molecule has 2 amide bonds. The van der Waals surface area contributed by atoms with Gasteiger partial charge in [-0.3, -0.25) is 14.5 Å². The highest BCUT2D eigenvalue weighted by Gasteiger charge is 2.27. The zero-order valence-electron chi connectivity index (χ0n) is 21.0. The molecule has 2 aromatic carbocycles. The lowest BCUT2D eigenvalue weighted by atomic mass is 9.95. The van der Waals surface area contributed by atoms with E-state index in [-0.39, 0.29) is 12.6 Å². The fourth-order valence-corrected chi connectivity index (χ4v) is 4.88. The second-order valence-electron chi connectivity index (χ2n) is 9.51. The Kier molecular flexibility index (Phi) is 8.25. The van der Waals surface area contributed by atoms with Crippen LogP contribution in [0.1, 0.15) is 29.2 Å². The van der Waals surface area contributed by atoms with Gasteiger partial charge < -0.3 is 25.2 Å². The van der Waals surface area contributed by atoms with Crippen LogP contribution in [0.25, 0.3) is 0 Å². The Morgan fingerprint density at radius 2 is 1.66 bits per heavy atom. The number of piperazine rings is 1. The van der Waals surface area contributed by atoms with Gasteiger partial charge in [-0.15, -0.1) is 0 Å². The van der Waals surface area contributed by atoms with Crippen LogP contribution in [0.2, 0.25) is 0 Å². The third kappa shape index (κ3) is 6.32. The molecule has 2 aromatic rings. The molecule has 2 heterocycles. The Morgan fingerprint density at radius 3 is 2.37 bits per heavy atom. The minimum absolute atomic E-state index is 0.0274. The van der Waals surface area contributed by atoms with Gasteiger partial charge in [0.2, 0.25) is 0 Å². The number of fused-ring (bicyclic) bond motifs is 1. The second-order valence-corrected chi connectivity index (χ2v) is 9.51. The lowest BCUT2D eigenvalue weighted by Crippen LogP contribution is -2.49. The monoisotopic (exact) mass is 479 g/mol. The molecule has 8 heteroatoms. The van der Waals surface area contributed by atoms with Crippen LogP contribution in [0.15, 0.2) is 42.5 Å². The van der Waals surface area contributed by atoms with Crippen molar-refractivity contribution < 1.29 is 14.3 Å². The summed E-state index contributed by atoms with van der Waals surface area (Å²) in [5.41, 5.74) is 4.75. The number of benzene rings is 2. The van der Waals surface area contributed by atoms with Gasteiger partial charge in [-0.2, -0.15) is 0 Å². The summed E-state index contributed by atoms with van der Waals surface area (Å²) in [6.07, 6.45) is 2.22. The molecule has 2 N–H and O–H groups in total. The van der Waals surface area contributed by atoms with Gasteiger partial charge in [0, 0.05) is 58.5 Å². The van der Waals surface area contributed by atoms with Gasteiger partial charge in [0.15, 0.2) is 0 Å². The number of amides is 2. The van der Waals surface area contributed by atoms with Gasteiger partial charge in [-0.1, -0.05) is 24.3 Å². The largest absolute Gasteiger partial charge is 0.497 e. The highest BCUT2D eigenvalue weighted by molar-refractivity contribution is 6.35. The van der Waals surface area contributed by atoms with Gasteiger partial charge >= 0.3 is 11.8 Å². The number of nitrogens with zero attached hydrogens (tertiary/aromatic N) is 3. The summed E-state index contributed by atoms with van der Waals surface area (Å²) in [6, 6.07) is 14.1. The first-order chi connectivity index (χ1) is 16.9. The number of anilines is 1. The quantitative estimate of drug-likeness (QED) is 0.590. The molecule has 2 aliphatic rings. The summed E-state index contributed by atoms with van der Waals surface area (Å²) < 4.78 is 5.16. The van der Waals surface area contributed by atoms with Crippen LogP contribution in [0.5, 0.6) is 5.75 Å². The molecule has 1 fully saturated rings. The van der Waals surface area contributed by atoms with Crippen molar-refractivity contribution in [2.45, 2.75) is 25.4 Å². The zero-order chi connectivity index (χ0) is 24.8. The van der Waals surface area contributed by atoms with E-state index in [0.717, 1.165) is 56.9 Å². The van der Waals surface area contributed by atoms with E-state index in [4.69, 9.17) is 4.74 Å². The van der Waals surface area contributed by atoms with Crippen LogP contribution in [-0.4, -0.2) is 82.1 Å². The standard InChI is InChI=1S/C27H37N5O3/c1-30-13-15-32(16-14-30)25(22-8-11-24-21(17-22)5-4-12-31(24)2)19-29-27(34)26(33)28-18-20-6-9-23(35-3)10-7-20/h6-11,17,25H,4-5,12-16,18-19H2,1-3H3,(H,28,33)(H,29,34). The molecule has 35 heavy (non-hydrogen) atoms. The lowest BCUT2D eigenvalue weighted by molar-refractivity contribution is -0.139. The third-order valence-corrected chi connectivity index (χ3v) is 7.09. The Balaban J connectivity index is 1.40. The molecular formula is C27H37N5O3. The molecule has 188 valence electrons. The number of carbonyl (C=O) groups excluding carboxylic acids is 2. The Morgan fingerprint density at radius 1 is 0.943 bits per heavy atom. The Bertz CT molecular complexity index is 1020. The molecule has 2 aliphatic heterocycles. The molecule has 4 rings (SSSR count). The number of carbonyl (C=O) groups is 2. The number of hydrogen-bond acceptors (Lipinski definition) is 6. The van der Waals surface area contributed by atoms with Crippen LogP contribution in [0.3, 0.4) is 0 Å². The van der Waals surface area contributed by atoms with E-state index in [1.54, 1.807) is 7.11 Å². The number of likely N-dealkylation sites (N-methyl/N-ethyl adjacent to an activating group) is 1. The molecule has 1 unspecified atom stereocenters. The van der Waals surface area contributed by atoms with E-state index in [9.17, 15) is 9.59 Å². The highest BCUT2D eigenvalue weighted by Crippen LogP contribution is 2.31. The van der Waals surface area contributed by atoms with Crippen LogP contribution in [0.4, 0.5) is 5.69 Å². The second kappa shape index (κ2) is 11.6. The minimum Gasteiger partial charge on any atom is -0.497 e. The average molecular weight is 480 g/mol. The van der Waals surface area contributed by atoms with E-state index in [1.807, 2.05) is 24.3 Å². The first-order valence-corrected chi connectivity index (χ1v) is 12.4. The molecule has 8 nitrogen and oxygen atoms in total. The first kappa shape index (κ1) is 25.0. The van der Waals surface area contributed by atoms with Crippen LogP contribution < -0.4 is 20.3 Å². The van der Waals surface area contributed by atoms with Crippen molar-refractivity contribution in [2.24, 2.45) is 0 Å². The summed E-state index contributed by atoms with van der Waals surface area (Å²) in [7, 11) is 5.88. The van der Waals surface area contributed by atoms with E-state index in [1.165, 1.54) is 16.8 Å². The summed E-state index contributed by atoms with van der Waals surface area (Å²) in [4.78, 5) is 32.1. The summed E-state index contributed by atoms with van der Waals surface area (Å²) in [6.45, 7) is 5.59. The molecule has 0 saturated carbocycles. The van der Waals surface area contributed by atoms with Crippen molar-refractivity contribution in [3.63, 3.8) is 0 Å². The van der Waals surface area contributed by atoms with Gasteiger partial charge in [-0.05, 0) is 54.8 Å². The smallest absolute Gasteiger partial charge is 0.309 e. The Labute approximate surface area is 208 Å². The molecule has 1 atom stereocenters. The van der Waals surface area contributed by atoms with Crippen molar-refractivity contribution in [1.82, 2.24) is 20.4 Å². The van der Waals surface area contributed by atoms with Crippen molar-refractivity contribution in [3.8, 4) is 5.75 Å². The molecule has 0 radical (unpaired) electrons. The molecule has 0 bridgehead atoms. The molecule has 0 aliphatic carbocycles. The number of hydrogen-bond donors (Lipinski definition) is 2. The number of aryl methyl sites for hydroxylation is 1. The Hall–Kier alpha value is -3.10. The van der Waals surface area contributed by atoms with E-state index in [2.05, 4.69) is 57.6 Å². The fraction of sp³-hybridized carbons (Fsp3) is 0.481. The normalized spacial score (nSPS) is 17.4. The summed E-state index contributed by atoms with van der Waals surface area (Å²) >= 11 is 0. The zero-order valence-corrected chi connectivity index (χ0v) is 21.0. The lowest BCUT2D eigenvalue weighted by Gasteiger charge is -2.39.